The first-order valence-electron chi connectivity index (χ1n) is 13.4. The van der Waals surface area contributed by atoms with Gasteiger partial charge in [0.05, 0.1) is 11.9 Å². The maximum atomic E-state index is 13.8. The van der Waals surface area contributed by atoms with E-state index >= 15 is 0 Å². The zero-order valence-electron chi connectivity index (χ0n) is 22.9. The first-order valence-corrected chi connectivity index (χ1v) is 14.4. The molecule has 0 spiro atoms. The minimum absolute atomic E-state index is 0.0206. The van der Waals surface area contributed by atoms with Crippen LogP contribution in [0, 0.1) is 12.7 Å². The second-order valence-corrected chi connectivity index (χ2v) is 12.4. The summed E-state index contributed by atoms with van der Waals surface area (Å²) in [6.45, 7) is 5.20. The van der Waals surface area contributed by atoms with Crippen molar-refractivity contribution in [3.05, 3.63) is 77.1 Å². The molecule has 0 bridgehead atoms. The van der Waals surface area contributed by atoms with Crippen LogP contribution in [0.1, 0.15) is 54.6 Å². The number of nitrogens with zero attached hydrogens (tertiary/aromatic N) is 1. The standard InChI is InChI=1S/C30H36FN3O5S/c1-18-21(14-15-22(31)24(18)35)27(37)33-23(16-19-10-6-4-7-11-19)25(36)29(39)34-17-40-30(2,3)26(34)28(38)32-20-12-8-5-9-13-20/h4,6-8,10-12,14-15,20,23,25-26,35-36H,5,9,13,16-17H2,1-3H3,(H,32,38)(H,33,37). The summed E-state index contributed by atoms with van der Waals surface area (Å²) in [5.74, 6) is -2.91. The van der Waals surface area contributed by atoms with E-state index in [4.69, 9.17) is 0 Å². The van der Waals surface area contributed by atoms with Crippen LogP contribution in [0.2, 0.25) is 0 Å². The van der Waals surface area contributed by atoms with Crippen molar-refractivity contribution in [1.29, 1.82) is 0 Å². The van der Waals surface area contributed by atoms with Crippen LogP contribution in [0.4, 0.5) is 4.39 Å². The summed E-state index contributed by atoms with van der Waals surface area (Å²) in [6.07, 6.45) is 5.23. The van der Waals surface area contributed by atoms with E-state index in [0.29, 0.717) is 0 Å². The summed E-state index contributed by atoms with van der Waals surface area (Å²) in [5, 5.41) is 27.1. The van der Waals surface area contributed by atoms with Crippen molar-refractivity contribution in [3.63, 3.8) is 0 Å². The number of thioether (sulfide) groups is 1. The van der Waals surface area contributed by atoms with Gasteiger partial charge in [0, 0.05) is 21.9 Å². The second-order valence-electron chi connectivity index (χ2n) is 10.8. The first-order chi connectivity index (χ1) is 19.0. The van der Waals surface area contributed by atoms with Crippen molar-refractivity contribution in [1.82, 2.24) is 15.5 Å². The lowest BCUT2D eigenvalue weighted by molar-refractivity contribution is -0.147. The molecule has 40 heavy (non-hydrogen) atoms. The number of aliphatic hydroxyl groups excluding tert-OH is 1. The molecule has 2 aromatic rings. The lowest BCUT2D eigenvalue weighted by atomic mass is 9.96. The highest BCUT2D eigenvalue weighted by Gasteiger charge is 2.50. The van der Waals surface area contributed by atoms with Gasteiger partial charge in [-0.15, -0.1) is 11.8 Å². The Morgan fingerprint density at radius 3 is 2.58 bits per heavy atom. The predicted molar refractivity (Wildman–Crippen MR) is 152 cm³/mol. The Balaban J connectivity index is 1.58. The Morgan fingerprint density at radius 2 is 1.90 bits per heavy atom. The number of phenolic OH excluding ortho intramolecular Hbond substituents is 1. The molecule has 4 rings (SSSR count). The van der Waals surface area contributed by atoms with Crippen LogP contribution in [-0.4, -0.2) is 67.7 Å². The third-order valence-electron chi connectivity index (χ3n) is 7.53. The Bertz CT molecular complexity index is 1290. The van der Waals surface area contributed by atoms with Gasteiger partial charge in [-0.25, -0.2) is 4.39 Å². The first kappa shape index (κ1) is 29.6. The molecule has 0 saturated carbocycles. The summed E-state index contributed by atoms with van der Waals surface area (Å²) >= 11 is 1.45. The van der Waals surface area contributed by atoms with Gasteiger partial charge >= 0.3 is 0 Å². The highest BCUT2D eigenvalue weighted by molar-refractivity contribution is 8.00. The summed E-state index contributed by atoms with van der Waals surface area (Å²) in [7, 11) is 0. The van der Waals surface area contributed by atoms with Crippen LogP contribution in [0.5, 0.6) is 5.75 Å². The fourth-order valence-corrected chi connectivity index (χ4v) is 6.36. The zero-order valence-corrected chi connectivity index (χ0v) is 23.7. The molecule has 10 heteroatoms. The van der Waals surface area contributed by atoms with Crippen molar-refractivity contribution in [2.75, 3.05) is 5.88 Å². The van der Waals surface area contributed by atoms with E-state index < -0.39 is 46.3 Å². The number of amides is 3. The number of hydrogen-bond donors (Lipinski definition) is 4. The summed E-state index contributed by atoms with van der Waals surface area (Å²) < 4.78 is 13.2. The fraction of sp³-hybridized carbons (Fsp3) is 0.433. The van der Waals surface area contributed by atoms with Crippen LogP contribution in [0.15, 0.2) is 54.6 Å². The third-order valence-corrected chi connectivity index (χ3v) is 8.91. The van der Waals surface area contributed by atoms with E-state index in [1.165, 1.54) is 29.7 Å². The molecule has 4 unspecified atom stereocenters. The molecular formula is C30H36FN3O5S. The molecule has 1 saturated heterocycles. The van der Waals surface area contributed by atoms with E-state index in [9.17, 15) is 29.0 Å². The van der Waals surface area contributed by atoms with Crippen LogP contribution in [0.25, 0.3) is 0 Å². The van der Waals surface area contributed by atoms with E-state index in [2.05, 4.69) is 10.6 Å². The van der Waals surface area contributed by atoms with Gasteiger partial charge in [-0.05, 0) is 64.2 Å². The Morgan fingerprint density at radius 1 is 1.18 bits per heavy atom. The highest BCUT2D eigenvalue weighted by Crippen LogP contribution is 2.40. The number of aliphatic hydroxyl groups is 1. The number of allylic oxidation sites excluding steroid dienone is 1. The molecule has 2 aliphatic rings. The van der Waals surface area contributed by atoms with E-state index in [-0.39, 0.29) is 35.4 Å². The van der Waals surface area contributed by atoms with Crippen LogP contribution in [0.3, 0.4) is 0 Å². The maximum absolute atomic E-state index is 13.8. The van der Waals surface area contributed by atoms with Gasteiger partial charge in [0.1, 0.15) is 6.04 Å². The lowest BCUT2D eigenvalue weighted by Crippen LogP contribution is -2.59. The molecule has 4 N–H and O–H groups in total. The summed E-state index contributed by atoms with van der Waals surface area (Å²) in [6, 6.07) is 9.32. The number of carbonyl (C=O) groups excluding carboxylic acids is 3. The molecular weight excluding hydrogens is 533 g/mol. The Labute approximate surface area is 238 Å². The van der Waals surface area contributed by atoms with Crippen LogP contribution in [-0.2, 0) is 16.0 Å². The maximum Gasteiger partial charge on any atom is 0.254 e. The number of rotatable bonds is 8. The molecule has 8 nitrogen and oxygen atoms in total. The van der Waals surface area contributed by atoms with Crippen LogP contribution < -0.4 is 10.6 Å². The third kappa shape index (κ3) is 6.50. The van der Waals surface area contributed by atoms with Crippen molar-refractivity contribution in [2.45, 2.75) is 75.4 Å². The van der Waals surface area contributed by atoms with Crippen LogP contribution >= 0.6 is 11.8 Å². The number of carbonyl (C=O) groups is 3. The lowest BCUT2D eigenvalue weighted by Gasteiger charge is -2.34. The molecule has 1 aliphatic heterocycles. The van der Waals surface area contributed by atoms with Gasteiger partial charge in [-0.1, -0.05) is 42.5 Å². The molecule has 0 radical (unpaired) electrons. The Kier molecular flexibility index (Phi) is 9.20. The quantitative estimate of drug-likeness (QED) is 0.362. The van der Waals surface area contributed by atoms with Gasteiger partial charge in [-0.3, -0.25) is 14.4 Å². The second kappa shape index (κ2) is 12.4. The fourth-order valence-electron chi connectivity index (χ4n) is 5.22. The van der Waals surface area contributed by atoms with Gasteiger partial charge < -0.3 is 25.7 Å². The number of benzene rings is 2. The molecule has 214 valence electrons. The molecule has 0 aromatic heterocycles. The Hall–Kier alpha value is -3.37. The number of halogens is 1. The predicted octanol–water partition coefficient (Wildman–Crippen LogP) is 3.45. The van der Waals surface area contributed by atoms with Crippen molar-refractivity contribution < 1.29 is 29.0 Å². The summed E-state index contributed by atoms with van der Waals surface area (Å²) in [4.78, 5) is 41.8. The van der Waals surface area contributed by atoms with Crippen molar-refractivity contribution in [2.24, 2.45) is 0 Å². The number of phenols is 1. The average molecular weight is 570 g/mol. The van der Waals surface area contributed by atoms with E-state index in [1.54, 1.807) is 0 Å². The number of aromatic hydroxyl groups is 1. The van der Waals surface area contributed by atoms with Gasteiger partial charge in [0.2, 0.25) is 5.91 Å². The molecule has 3 amide bonds. The minimum Gasteiger partial charge on any atom is -0.505 e. The minimum atomic E-state index is -1.67. The molecule has 1 aliphatic carbocycles. The molecule has 1 fully saturated rings. The van der Waals surface area contributed by atoms with Gasteiger partial charge in [0.15, 0.2) is 17.7 Å². The SMILES string of the molecule is Cc1c(C(=O)NC(Cc2ccccc2)C(O)C(=O)N2CSC(C)(C)C2C(=O)NC2C=CCCC2)ccc(F)c1O. The number of nitrogens with one attached hydrogen (secondary N) is 2. The average Bonchev–Trinajstić information content (AvgIpc) is 3.26. The van der Waals surface area contributed by atoms with Gasteiger partial charge in [-0.2, -0.15) is 0 Å². The molecule has 4 atom stereocenters. The van der Waals surface area contributed by atoms with Crippen molar-refractivity contribution in [3.8, 4) is 5.75 Å². The molecule has 2 aromatic carbocycles. The summed E-state index contributed by atoms with van der Waals surface area (Å²) in [5.41, 5.74) is 0.836. The number of hydrogen-bond acceptors (Lipinski definition) is 6. The highest BCUT2D eigenvalue weighted by atomic mass is 32.2. The van der Waals surface area contributed by atoms with Gasteiger partial charge in [0.25, 0.3) is 11.8 Å². The largest absolute Gasteiger partial charge is 0.505 e. The smallest absolute Gasteiger partial charge is 0.254 e. The topological polar surface area (TPSA) is 119 Å². The van der Waals surface area contributed by atoms with E-state index in [0.717, 1.165) is 30.9 Å². The normalized spacial score (nSPS) is 21.5. The van der Waals surface area contributed by atoms with Crippen molar-refractivity contribution >= 4 is 29.5 Å². The molecule has 1 heterocycles. The zero-order chi connectivity index (χ0) is 29.0. The monoisotopic (exact) mass is 569 g/mol. The van der Waals surface area contributed by atoms with E-state index in [1.807, 2.05) is 56.3 Å².